The van der Waals surface area contributed by atoms with E-state index in [0.29, 0.717) is 6.07 Å². The molecule has 0 unspecified atom stereocenters. The minimum atomic E-state index is -4.80. The normalized spacial score (nSPS) is 11.5. The molecule has 0 N–H and O–H groups in total. The van der Waals surface area contributed by atoms with Crippen molar-refractivity contribution < 1.29 is 22.4 Å². The van der Waals surface area contributed by atoms with Crippen LogP contribution in [0.15, 0.2) is 16.6 Å². The van der Waals surface area contributed by atoms with Crippen LogP contribution in [0.2, 0.25) is 0 Å². The van der Waals surface area contributed by atoms with Crippen molar-refractivity contribution in [1.82, 2.24) is 0 Å². The second kappa shape index (κ2) is 3.68. The van der Waals surface area contributed by atoms with E-state index in [2.05, 4.69) is 15.9 Å². The summed E-state index contributed by atoms with van der Waals surface area (Å²) >= 11 is 2.60. The van der Waals surface area contributed by atoms with Gasteiger partial charge in [-0.3, -0.25) is 4.79 Å². The molecule has 0 fully saturated rings. The summed E-state index contributed by atoms with van der Waals surface area (Å²) in [7, 11) is 0. The Kier molecular flexibility index (Phi) is 2.94. The Morgan fingerprint density at radius 1 is 1.29 bits per heavy atom. The number of benzene rings is 1. The third kappa shape index (κ3) is 2.12. The van der Waals surface area contributed by atoms with Crippen LogP contribution in [0.1, 0.15) is 15.9 Å². The fourth-order valence-corrected chi connectivity index (χ4v) is 1.36. The summed E-state index contributed by atoms with van der Waals surface area (Å²) in [6, 6.07) is 1.45. The summed E-state index contributed by atoms with van der Waals surface area (Å²) in [5, 5.41) is 0. The van der Waals surface area contributed by atoms with Crippen LogP contribution < -0.4 is 0 Å². The quantitative estimate of drug-likeness (QED) is 0.565. The van der Waals surface area contributed by atoms with E-state index in [1.807, 2.05) is 0 Å². The number of carbonyl (C=O) groups excluding carboxylic acids is 1. The van der Waals surface area contributed by atoms with Gasteiger partial charge in [-0.25, -0.2) is 4.39 Å². The number of alkyl halides is 3. The Bertz CT molecular complexity index is 372. The minimum absolute atomic E-state index is 0.222. The maximum absolute atomic E-state index is 12.9. The highest BCUT2D eigenvalue weighted by Gasteiger charge is 2.35. The van der Waals surface area contributed by atoms with Gasteiger partial charge < -0.3 is 0 Å². The van der Waals surface area contributed by atoms with Crippen LogP contribution in [-0.2, 0) is 6.18 Å². The van der Waals surface area contributed by atoms with E-state index in [9.17, 15) is 22.4 Å². The van der Waals surface area contributed by atoms with Gasteiger partial charge in [-0.2, -0.15) is 13.2 Å². The molecule has 6 heteroatoms. The first-order chi connectivity index (χ1) is 6.36. The molecule has 0 radical (unpaired) electrons. The molecule has 0 saturated heterocycles. The molecule has 76 valence electrons. The van der Waals surface area contributed by atoms with Gasteiger partial charge in [0.2, 0.25) is 0 Å². The molecule has 0 aliphatic rings. The van der Waals surface area contributed by atoms with Crippen LogP contribution in [0.3, 0.4) is 0 Å². The van der Waals surface area contributed by atoms with Crippen molar-refractivity contribution >= 4 is 22.2 Å². The smallest absolute Gasteiger partial charge is 0.298 e. The van der Waals surface area contributed by atoms with Gasteiger partial charge in [0, 0.05) is 5.56 Å². The Morgan fingerprint density at radius 2 is 1.86 bits per heavy atom. The van der Waals surface area contributed by atoms with Crippen LogP contribution in [0.5, 0.6) is 0 Å². The summed E-state index contributed by atoms with van der Waals surface area (Å²) < 4.78 is 49.1. The van der Waals surface area contributed by atoms with Gasteiger partial charge in [-0.05, 0) is 28.1 Å². The molecule has 0 atom stereocenters. The lowest BCUT2D eigenvalue weighted by atomic mass is 10.1. The van der Waals surface area contributed by atoms with E-state index in [1.165, 1.54) is 0 Å². The maximum Gasteiger partial charge on any atom is 0.419 e. The van der Waals surface area contributed by atoms with Crippen LogP contribution in [0, 0.1) is 5.82 Å². The predicted molar refractivity (Wildman–Crippen MR) is 44.5 cm³/mol. The van der Waals surface area contributed by atoms with E-state index in [1.54, 1.807) is 0 Å². The highest BCUT2D eigenvalue weighted by atomic mass is 79.9. The molecule has 0 aliphatic carbocycles. The maximum atomic E-state index is 12.9. The second-order valence-corrected chi connectivity index (χ2v) is 3.33. The fraction of sp³-hybridized carbons (Fsp3) is 0.125. The van der Waals surface area contributed by atoms with E-state index >= 15 is 0 Å². The molecule has 1 aromatic carbocycles. The summed E-state index contributed by atoms with van der Waals surface area (Å²) in [5.41, 5.74) is -1.68. The summed E-state index contributed by atoms with van der Waals surface area (Å²) in [5.74, 6) is -1.41. The van der Waals surface area contributed by atoms with Crippen LogP contribution in [0.4, 0.5) is 17.6 Å². The molecule has 0 aromatic heterocycles. The van der Waals surface area contributed by atoms with Gasteiger partial charge in [0.25, 0.3) is 0 Å². The van der Waals surface area contributed by atoms with Gasteiger partial charge in [0.1, 0.15) is 12.1 Å². The predicted octanol–water partition coefficient (Wildman–Crippen LogP) is 3.42. The fourth-order valence-electron chi connectivity index (χ4n) is 0.884. The zero-order chi connectivity index (χ0) is 10.9. The van der Waals surface area contributed by atoms with Crippen molar-refractivity contribution in [1.29, 1.82) is 0 Å². The molecule has 0 saturated carbocycles. The third-order valence-electron chi connectivity index (χ3n) is 1.49. The Morgan fingerprint density at radius 3 is 2.29 bits per heavy atom. The van der Waals surface area contributed by atoms with E-state index in [0.717, 1.165) is 6.07 Å². The molecule has 0 heterocycles. The molecule has 1 aromatic rings. The molecule has 14 heavy (non-hydrogen) atoms. The molecular formula is C8H3BrF4O. The lowest BCUT2D eigenvalue weighted by Gasteiger charge is -2.09. The third-order valence-corrected chi connectivity index (χ3v) is 2.07. The second-order valence-electron chi connectivity index (χ2n) is 2.48. The molecule has 0 spiro atoms. The number of aldehydes is 1. The average molecular weight is 271 g/mol. The van der Waals surface area contributed by atoms with Crippen LogP contribution in [0.25, 0.3) is 0 Å². The molecule has 1 rings (SSSR count). The zero-order valence-corrected chi connectivity index (χ0v) is 8.12. The van der Waals surface area contributed by atoms with Crippen LogP contribution in [-0.4, -0.2) is 6.29 Å². The van der Waals surface area contributed by atoms with Gasteiger partial charge in [-0.15, -0.1) is 0 Å². The van der Waals surface area contributed by atoms with Crippen molar-refractivity contribution in [3.8, 4) is 0 Å². The van der Waals surface area contributed by atoms with Gasteiger partial charge in [0.05, 0.1) is 10.0 Å². The van der Waals surface area contributed by atoms with Gasteiger partial charge in [-0.1, -0.05) is 0 Å². The highest BCUT2D eigenvalue weighted by Crippen LogP contribution is 2.34. The first-order valence-electron chi connectivity index (χ1n) is 3.37. The summed E-state index contributed by atoms with van der Waals surface area (Å²) in [6.45, 7) is 0. The molecule has 0 aliphatic heterocycles. The lowest BCUT2D eigenvalue weighted by molar-refractivity contribution is -0.140. The van der Waals surface area contributed by atoms with Crippen molar-refractivity contribution in [2.45, 2.75) is 6.18 Å². The Hall–Kier alpha value is -0.910. The Balaban J connectivity index is 3.42. The molecule has 0 bridgehead atoms. The lowest BCUT2D eigenvalue weighted by Crippen LogP contribution is -2.09. The van der Waals surface area contributed by atoms with Crippen LogP contribution >= 0.6 is 15.9 Å². The van der Waals surface area contributed by atoms with Crippen molar-refractivity contribution in [2.24, 2.45) is 0 Å². The number of rotatable bonds is 1. The Labute approximate surface area is 84.9 Å². The number of hydrogen-bond donors (Lipinski definition) is 0. The molecule has 1 nitrogen and oxygen atoms in total. The number of hydrogen-bond acceptors (Lipinski definition) is 1. The van der Waals surface area contributed by atoms with Gasteiger partial charge in [0.15, 0.2) is 0 Å². The van der Waals surface area contributed by atoms with Crippen molar-refractivity contribution in [2.75, 3.05) is 0 Å². The zero-order valence-electron chi connectivity index (χ0n) is 6.53. The van der Waals surface area contributed by atoms with E-state index in [-0.39, 0.29) is 16.3 Å². The van der Waals surface area contributed by atoms with E-state index in [4.69, 9.17) is 0 Å². The first-order valence-corrected chi connectivity index (χ1v) is 4.17. The van der Waals surface area contributed by atoms with E-state index < -0.39 is 17.6 Å². The monoisotopic (exact) mass is 270 g/mol. The topological polar surface area (TPSA) is 17.1 Å². The van der Waals surface area contributed by atoms with Crippen molar-refractivity contribution in [3.05, 3.63) is 33.5 Å². The number of carbonyl (C=O) groups is 1. The minimum Gasteiger partial charge on any atom is -0.298 e. The SMILES string of the molecule is O=Cc1cc(Br)c(F)c(C(F)(F)F)c1. The largest absolute Gasteiger partial charge is 0.419 e. The molecule has 0 amide bonds. The van der Waals surface area contributed by atoms with Gasteiger partial charge >= 0.3 is 6.18 Å². The highest BCUT2D eigenvalue weighted by molar-refractivity contribution is 9.10. The first kappa shape index (κ1) is 11.2. The molecular weight excluding hydrogens is 268 g/mol. The average Bonchev–Trinajstić information content (AvgIpc) is 2.07. The standard InChI is InChI=1S/C8H3BrF4O/c9-6-2-4(3-14)1-5(7(6)10)8(11,12)13/h1-3H. The summed E-state index contributed by atoms with van der Waals surface area (Å²) in [6.07, 6.45) is -4.58. The summed E-state index contributed by atoms with van der Waals surface area (Å²) in [4.78, 5) is 10.2. The number of halogens is 5. The van der Waals surface area contributed by atoms with Crippen molar-refractivity contribution in [3.63, 3.8) is 0 Å².